The summed E-state index contributed by atoms with van der Waals surface area (Å²) in [7, 11) is 0. The first-order valence-electron chi connectivity index (χ1n) is 5.85. The van der Waals surface area contributed by atoms with Crippen molar-refractivity contribution in [2.45, 2.75) is 58.3 Å². The van der Waals surface area contributed by atoms with Crippen LogP contribution in [0.5, 0.6) is 0 Å². The van der Waals surface area contributed by atoms with E-state index in [1.807, 2.05) is 11.8 Å². The van der Waals surface area contributed by atoms with Gasteiger partial charge in [0.25, 0.3) is 0 Å². The highest BCUT2D eigenvalue weighted by atomic mass is 79.9. The third kappa shape index (κ3) is 4.88. The number of halogens is 1. The predicted octanol–water partition coefficient (Wildman–Crippen LogP) is 5.48. The molecule has 14 heavy (non-hydrogen) atoms. The summed E-state index contributed by atoms with van der Waals surface area (Å²) >= 11 is 5.61. The average Bonchev–Trinajstić information content (AvgIpc) is 2.58. The van der Waals surface area contributed by atoms with Crippen molar-refractivity contribution in [3.8, 4) is 0 Å². The molecule has 0 aromatic heterocycles. The van der Waals surface area contributed by atoms with E-state index in [0.29, 0.717) is 0 Å². The highest BCUT2D eigenvalue weighted by Crippen LogP contribution is 2.38. The van der Waals surface area contributed by atoms with Gasteiger partial charge in [0.2, 0.25) is 0 Å². The zero-order chi connectivity index (χ0) is 10.2. The fourth-order valence-electron chi connectivity index (χ4n) is 1.81. The highest BCUT2D eigenvalue weighted by Gasteiger charge is 2.11. The molecule has 0 aromatic carbocycles. The van der Waals surface area contributed by atoms with Crippen LogP contribution in [0.3, 0.4) is 0 Å². The van der Waals surface area contributed by atoms with Gasteiger partial charge in [-0.25, -0.2) is 0 Å². The van der Waals surface area contributed by atoms with Crippen molar-refractivity contribution in [2.75, 3.05) is 5.75 Å². The van der Waals surface area contributed by atoms with Gasteiger partial charge in [-0.3, -0.25) is 0 Å². The molecule has 0 aromatic rings. The van der Waals surface area contributed by atoms with Gasteiger partial charge in [-0.05, 0) is 40.8 Å². The molecule has 1 heterocycles. The molecule has 1 aliphatic rings. The summed E-state index contributed by atoms with van der Waals surface area (Å²) < 4.78 is 1.44. The number of allylic oxidation sites excluding steroid dienone is 1. The summed E-state index contributed by atoms with van der Waals surface area (Å²) in [5.41, 5.74) is 1.67. The Morgan fingerprint density at radius 1 is 1.14 bits per heavy atom. The lowest BCUT2D eigenvalue weighted by molar-refractivity contribution is 0.604. The molecular formula is C12H21BrS. The third-order valence-electron chi connectivity index (χ3n) is 2.74. The molecule has 0 aliphatic carbocycles. The van der Waals surface area contributed by atoms with Gasteiger partial charge < -0.3 is 0 Å². The van der Waals surface area contributed by atoms with Crippen molar-refractivity contribution >= 4 is 27.7 Å². The van der Waals surface area contributed by atoms with Gasteiger partial charge in [-0.1, -0.05) is 39.0 Å². The average molecular weight is 277 g/mol. The van der Waals surface area contributed by atoms with E-state index in [9.17, 15) is 0 Å². The molecule has 82 valence electrons. The summed E-state index contributed by atoms with van der Waals surface area (Å²) in [6.07, 6.45) is 11.1. The van der Waals surface area contributed by atoms with Crippen LogP contribution in [0.2, 0.25) is 0 Å². The van der Waals surface area contributed by atoms with Gasteiger partial charge in [-0.2, -0.15) is 0 Å². The predicted molar refractivity (Wildman–Crippen MR) is 71.0 cm³/mol. The molecule has 1 rings (SSSR count). The summed E-state index contributed by atoms with van der Waals surface area (Å²) in [6.45, 7) is 2.28. The van der Waals surface area contributed by atoms with Crippen molar-refractivity contribution in [2.24, 2.45) is 0 Å². The van der Waals surface area contributed by atoms with Crippen LogP contribution in [-0.2, 0) is 0 Å². The molecule has 2 heteroatoms. The van der Waals surface area contributed by atoms with Crippen molar-refractivity contribution in [3.63, 3.8) is 0 Å². The zero-order valence-corrected chi connectivity index (χ0v) is 11.6. The zero-order valence-electron chi connectivity index (χ0n) is 9.15. The number of unbranched alkanes of at least 4 members (excludes halogenated alkanes) is 5. The van der Waals surface area contributed by atoms with Gasteiger partial charge in [-0.15, -0.1) is 11.8 Å². The van der Waals surface area contributed by atoms with Crippen molar-refractivity contribution < 1.29 is 0 Å². The Kier molecular flexibility index (Phi) is 7.05. The van der Waals surface area contributed by atoms with E-state index >= 15 is 0 Å². The van der Waals surface area contributed by atoms with Gasteiger partial charge in [0.05, 0.1) is 0 Å². The van der Waals surface area contributed by atoms with Crippen LogP contribution in [0.15, 0.2) is 9.39 Å². The minimum Gasteiger partial charge on any atom is -0.118 e. The van der Waals surface area contributed by atoms with Gasteiger partial charge in [0, 0.05) is 9.57 Å². The standard InChI is InChI=1S/C12H21BrS/c1-2-3-4-5-6-7-8-11-9-10-14-12(11)13/h2-10H2,1H3. The summed E-state index contributed by atoms with van der Waals surface area (Å²) in [5.74, 6) is 1.30. The maximum atomic E-state index is 3.64. The first kappa shape index (κ1) is 12.6. The quantitative estimate of drug-likeness (QED) is 0.555. The van der Waals surface area contributed by atoms with Crippen molar-refractivity contribution in [1.82, 2.24) is 0 Å². The van der Waals surface area contributed by atoms with Crippen LogP contribution >= 0.6 is 27.7 Å². The molecule has 0 saturated heterocycles. The first-order chi connectivity index (χ1) is 6.84. The van der Waals surface area contributed by atoms with Crippen LogP contribution in [0.1, 0.15) is 58.3 Å². The van der Waals surface area contributed by atoms with Crippen LogP contribution in [0.25, 0.3) is 0 Å². The van der Waals surface area contributed by atoms with Gasteiger partial charge >= 0.3 is 0 Å². The second-order valence-electron chi connectivity index (χ2n) is 3.99. The van der Waals surface area contributed by atoms with E-state index in [4.69, 9.17) is 0 Å². The molecule has 0 radical (unpaired) electrons. The Morgan fingerprint density at radius 3 is 2.50 bits per heavy atom. The molecule has 0 atom stereocenters. The van der Waals surface area contributed by atoms with Crippen molar-refractivity contribution in [1.29, 1.82) is 0 Å². The third-order valence-corrected chi connectivity index (χ3v) is 4.94. The number of hydrogen-bond donors (Lipinski definition) is 0. The van der Waals surface area contributed by atoms with Crippen molar-refractivity contribution in [3.05, 3.63) is 9.39 Å². The summed E-state index contributed by atoms with van der Waals surface area (Å²) in [4.78, 5) is 0. The first-order valence-corrected chi connectivity index (χ1v) is 7.62. The largest absolute Gasteiger partial charge is 0.118 e. The Labute approximate surface area is 101 Å². The fourth-order valence-corrected chi connectivity index (χ4v) is 3.62. The maximum Gasteiger partial charge on any atom is 0.0495 e. The summed E-state index contributed by atoms with van der Waals surface area (Å²) in [5, 5.41) is 0. The lowest BCUT2D eigenvalue weighted by Crippen LogP contribution is -1.83. The molecule has 0 saturated carbocycles. The van der Waals surface area contributed by atoms with Crippen LogP contribution in [-0.4, -0.2) is 5.75 Å². The van der Waals surface area contributed by atoms with E-state index in [-0.39, 0.29) is 0 Å². The molecule has 0 unspecified atom stereocenters. The van der Waals surface area contributed by atoms with Gasteiger partial charge in [0.15, 0.2) is 0 Å². The Hall–Kier alpha value is 0.570. The van der Waals surface area contributed by atoms with E-state index in [1.54, 1.807) is 5.57 Å². The molecule has 0 spiro atoms. The highest BCUT2D eigenvalue weighted by molar-refractivity contribution is 9.14. The molecular weight excluding hydrogens is 256 g/mol. The topological polar surface area (TPSA) is 0 Å². The van der Waals surface area contributed by atoms with Crippen LogP contribution in [0.4, 0.5) is 0 Å². The number of rotatable bonds is 7. The minimum absolute atomic E-state index is 1.30. The van der Waals surface area contributed by atoms with E-state index in [1.165, 1.54) is 60.9 Å². The summed E-state index contributed by atoms with van der Waals surface area (Å²) in [6, 6.07) is 0. The second kappa shape index (κ2) is 7.81. The molecule has 0 amide bonds. The lowest BCUT2D eigenvalue weighted by atomic mass is 10.0. The maximum absolute atomic E-state index is 3.64. The fraction of sp³-hybridized carbons (Fsp3) is 0.833. The normalized spacial score (nSPS) is 16.7. The molecule has 0 N–H and O–H groups in total. The minimum atomic E-state index is 1.30. The SMILES string of the molecule is CCCCCCCCC1=C(Br)SCC1. The monoisotopic (exact) mass is 276 g/mol. The van der Waals surface area contributed by atoms with E-state index < -0.39 is 0 Å². The van der Waals surface area contributed by atoms with E-state index in [0.717, 1.165) is 0 Å². The smallest absolute Gasteiger partial charge is 0.0495 e. The lowest BCUT2D eigenvalue weighted by Gasteiger charge is -2.02. The van der Waals surface area contributed by atoms with Gasteiger partial charge in [0.1, 0.15) is 0 Å². The Morgan fingerprint density at radius 2 is 1.86 bits per heavy atom. The number of hydrogen-bond acceptors (Lipinski definition) is 1. The Balaban J connectivity index is 1.96. The second-order valence-corrected chi connectivity index (χ2v) is 6.42. The molecule has 0 bridgehead atoms. The molecule has 0 fully saturated rings. The van der Waals surface area contributed by atoms with Crippen LogP contribution in [0, 0.1) is 0 Å². The molecule has 0 nitrogen and oxygen atoms in total. The number of thioether (sulfide) groups is 1. The molecule has 1 aliphatic heterocycles. The van der Waals surface area contributed by atoms with Crippen LogP contribution < -0.4 is 0 Å². The van der Waals surface area contributed by atoms with E-state index in [2.05, 4.69) is 22.9 Å². The Bertz CT molecular complexity index is 187.